The van der Waals surface area contributed by atoms with Gasteiger partial charge >= 0.3 is 17.9 Å². The van der Waals surface area contributed by atoms with Gasteiger partial charge in [-0.05, 0) is 46.5 Å². The van der Waals surface area contributed by atoms with Crippen molar-refractivity contribution in [2.45, 2.75) is 32.6 Å². The van der Waals surface area contributed by atoms with E-state index in [2.05, 4.69) is 0 Å². The Balaban J connectivity index is 2.50. The van der Waals surface area contributed by atoms with Gasteiger partial charge in [0.1, 0.15) is 0 Å². The zero-order chi connectivity index (χ0) is 22.5. The van der Waals surface area contributed by atoms with Crippen LogP contribution in [0.5, 0.6) is 0 Å². The van der Waals surface area contributed by atoms with Gasteiger partial charge in [-0.25, -0.2) is 9.59 Å². The lowest BCUT2D eigenvalue weighted by molar-refractivity contribution is -0.145. The zero-order valence-electron chi connectivity index (χ0n) is 18.2. The average Bonchev–Trinajstić information content (AvgIpc) is 2.80. The summed E-state index contributed by atoms with van der Waals surface area (Å²) in [5.41, 5.74) is 0.554. The second kappa shape index (κ2) is 9.60. The van der Waals surface area contributed by atoms with Crippen LogP contribution in [-0.4, -0.2) is 38.7 Å². The summed E-state index contributed by atoms with van der Waals surface area (Å²) in [7, 11) is 2.51. The molecule has 0 bridgehead atoms. The molecule has 0 aliphatic heterocycles. The lowest BCUT2D eigenvalue weighted by Gasteiger charge is -2.22. The molecule has 1 unspecified atom stereocenters. The van der Waals surface area contributed by atoms with Crippen LogP contribution in [-0.2, 0) is 19.0 Å². The summed E-state index contributed by atoms with van der Waals surface area (Å²) < 4.78 is 15.3. The minimum atomic E-state index is -0.717. The molecule has 0 spiro atoms. The number of carbonyl (C=O) groups excluding carboxylic acids is 3. The van der Waals surface area contributed by atoms with E-state index in [0.717, 1.165) is 16.2 Å². The van der Waals surface area contributed by atoms with Crippen molar-refractivity contribution in [1.82, 2.24) is 0 Å². The predicted octanol–water partition coefficient (Wildman–Crippen LogP) is 5.01. The predicted molar refractivity (Wildman–Crippen MR) is 118 cm³/mol. The van der Waals surface area contributed by atoms with Crippen LogP contribution < -0.4 is 0 Å². The molecule has 0 saturated heterocycles. The van der Waals surface area contributed by atoms with E-state index in [1.165, 1.54) is 14.2 Å². The Bertz CT molecular complexity index is 1150. The first-order valence-electron chi connectivity index (χ1n) is 10.3. The number of ether oxygens (including phenoxy) is 3. The highest BCUT2D eigenvalue weighted by molar-refractivity contribution is 6.19. The summed E-state index contributed by atoms with van der Waals surface area (Å²) >= 11 is 0. The van der Waals surface area contributed by atoms with Gasteiger partial charge in [0.05, 0.1) is 37.9 Å². The third-order valence-corrected chi connectivity index (χ3v) is 5.38. The Labute approximate surface area is 181 Å². The minimum Gasteiger partial charge on any atom is -0.466 e. The molecule has 0 aliphatic carbocycles. The fourth-order valence-electron chi connectivity index (χ4n) is 4.02. The van der Waals surface area contributed by atoms with Crippen molar-refractivity contribution < 1.29 is 28.6 Å². The van der Waals surface area contributed by atoms with Crippen LogP contribution >= 0.6 is 0 Å². The first kappa shape index (κ1) is 22.3. The summed E-state index contributed by atoms with van der Waals surface area (Å²) in [6.07, 6.45) is 1.14. The van der Waals surface area contributed by atoms with Crippen molar-refractivity contribution in [1.29, 1.82) is 0 Å². The molecule has 6 heteroatoms. The average molecular weight is 422 g/mol. The highest BCUT2D eigenvalue weighted by Gasteiger charge is 2.32. The van der Waals surface area contributed by atoms with Crippen LogP contribution in [0.25, 0.3) is 21.5 Å². The number of methoxy groups -OCH3 is 2. The van der Waals surface area contributed by atoms with Gasteiger partial charge < -0.3 is 14.2 Å². The number of carbonyl (C=O) groups is 3. The fourth-order valence-corrected chi connectivity index (χ4v) is 4.02. The molecule has 0 N–H and O–H groups in total. The Morgan fingerprint density at radius 2 is 1.52 bits per heavy atom. The molecule has 3 aromatic carbocycles. The second-order valence-electron chi connectivity index (χ2n) is 7.17. The van der Waals surface area contributed by atoms with Crippen LogP contribution in [0.1, 0.15) is 58.9 Å². The van der Waals surface area contributed by atoms with Crippen molar-refractivity contribution in [3.05, 3.63) is 59.2 Å². The second-order valence-corrected chi connectivity index (χ2v) is 7.17. The van der Waals surface area contributed by atoms with Gasteiger partial charge in [0.2, 0.25) is 0 Å². The number of rotatable bonds is 7. The van der Waals surface area contributed by atoms with Gasteiger partial charge in [-0.15, -0.1) is 0 Å². The van der Waals surface area contributed by atoms with Crippen molar-refractivity contribution >= 4 is 39.5 Å². The summed E-state index contributed by atoms with van der Waals surface area (Å²) in [6, 6.07) is 13.2. The Morgan fingerprint density at radius 3 is 2.16 bits per heavy atom. The van der Waals surface area contributed by atoms with Gasteiger partial charge in [-0.3, -0.25) is 4.79 Å². The Kier molecular flexibility index (Phi) is 6.90. The molecule has 0 aromatic heterocycles. The molecule has 6 nitrogen and oxygen atoms in total. The third kappa shape index (κ3) is 4.10. The van der Waals surface area contributed by atoms with Crippen LogP contribution in [0.15, 0.2) is 42.5 Å². The van der Waals surface area contributed by atoms with Gasteiger partial charge in [-0.2, -0.15) is 0 Å². The molecule has 1 atom stereocenters. The molecule has 0 heterocycles. The largest absolute Gasteiger partial charge is 0.466 e. The van der Waals surface area contributed by atoms with Crippen molar-refractivity contribution in [3.63, 3.8) is 0 Å². The molecule has 3 rings (SSSR count). The van der Waals surface area contributed by atoms with Gasteiger partial charge in [-0.1, -0.05) is 49.7 Å². The molecule has 31 heavy (non-hydrogen) atoms. The van der Waals surface area contributed by atoms with Crippen LogP contribution in [0.4, 0.5) is 0 Å². The SMILES string of the molecule is CCCC(C(=O)OCC)c1cc2c(ccc3ccccc32)c(C(=O)OC)c1C(=O)OC. The van der Waals surface area contributed by atoms with E-state index in [-0.39, 0.29) is 17.7 Å². The molecule has 0 radical (unpaired) electrons. The number of benzene rings is 3. The molecule has 0 fully saturated rings. The van der Waals surface area contributed by atoms with Gasteiger partial charge in [0.15, 0.2) is 0 Å². The summed E-state index contributed by atoms with van der Waals surface area (Å²) in [4.78, 5) is 38.6. The van der Waals surface area contributed by atoms with E-state index >= 15 is 0 Å². The Morgan fingerprint density at radius 1 is 0.839 bits per heavy atom. The molecule has 3 aromatic rings. The number of fused-ring (bicyclic) bond motifs is 3. The van der Waals surface area contributed by atoms with E-state index in [1.54, 1.807) is 13.0 Å². The van der Waals surface area contributed by atoms with Crippen molar-refractivity contribution in [2.75, 3.05) is 20.8 Å². The van der Waals surface area contributed by atoms with Gasteiger partial charge in [0, 0.05) is 0 Å². The minimum absolute atomic E-state index is 0.0450. The first-order valence-corrected chi connectivity index (χ1v) is 10.3. The molecule has 0 amide bonds. The maximum absolute atomic E-state index is 12.9. The molecular weight excluding hydrogens is 396 g/mol. The monoisotopic (exact) mass is 422 g/mol. The third-order valence-electron chi connectivity index (χ3n) is 5.38. The smallest absolute Gasteiger partial charge is 0.339 e. The maximum atomic E-state index is 12.9. The molecule has 162 valence electrons. The lowest BCUT2D eigenvalue weighted by Crippen LogP contribution is -2.22. The molecular formula is C25H26O6. The van der Waals surface area contributed by atoms with Crippen LogP contribution in [0.2, 0.25) is 0 Å². The number of hydrogen-bond acceptors (Lipinski definition) is 6. The van der Waals surface area contributed by atoms with Crippen molar-refractivity contribution in [2.24, 2.45) is 0 Å². The summed E-state index contributed by atoms with van der Waals surface area (Å²) in [5.74, 6) is -2.52. The van der Waals surface area contributed by atoms with Crippen LogP contribution in [0, 0.1) is 0 Å². The lowest BCUT2D eigenvalue weighted by atomic mass is 9.84. The van der Waals surface area contributed by atoms with Gasteiger partial charge in [0.25, 0.3) is 0 Å². The quantitative estimate of drug-likeness (QED) is 0.302. The number of esters is 3. The van der Waals surface area contributed by atoms with E-state index < -0.39 is 23.8 Å². The summed E-state index contributed by atoms with van der Waals surface area (Å²) in [5, 5.41) is 3.20. The Hall–Kier alpha value is -3.41. The zero-order valence-corrected chi connectivity index (χ0v) is 18.2. The highest BCUT2D eigenvalue weighted by Crippen LogP contribution is 2.37. The number of hydrogen-bond donors (Lipinski definition) is 0. The van der Waals surface area contributed by atoms with Crippen molar-refractivity contribution in [3.8, 4) is 0 Å². The summed E-state index contributed by atoms with van der Waals surface area (Å²) in [6.45, 7) is 3.89. The molecule has 0 saturated carbocycles. The van der Waals surface area contributed by atoms with E-state index in [9.17, 15) is 14.4 Å². The highest BCUT2D eigenvalue weighted by atomic mass is 16.5. The fraction of sp³-hybridized carbons (Fsp3) is 0.320. The van der Waals surface area contributed by atoms with E-state index in [1.807, 2.05) is 43.3 Å². The maximum Gasteiger partial charge on any atom is 0.339 e. The van der Waals surface area contributed by atoms with Crippen LogP contribution in [0.3, 0.4) is 0 Å². The normalized spacial score (nSPS) is 11.9. The standard InChI is InChI=1S/C25H26O6/c1-5-9-18(23(26)31-6-2)20-14-19-16-11-8-7-10-15(16)12-13-17(19)21(24(27)29-3)22(20)25(28)30-4/h7-8,10-14,18H,5-6,9H2,1-4H3. The first-order chi connectivity index (χ1) is 15.0. The van der Waals surface area contributed by atoms with E-state index in [0.29, 0.717) is 23.8 Å². The molecule has 0 aliphatic rings. The van der Waals surface area contributed by atoms with E-state index in [4.69, 9.17) is 14.2 Å². The topological polar surface area (TPSA) is 78.9 Å².